The number of hydrogen-bond acceptors (Lipinski definition) is 3. The van der Waals surface area contributed by atoms with E-state index < -0.39 is 0 Å². The van der Waals surface area contributed by atoms with Gasteiger partial charge < -0.3 is 5.32 Å². The maximum Gasteiger partial charge on any atom is 0.112 e. The highest BCUT2D eigenvalue weighted by molar-refractivity contribution is 14.1. The second-order valence-electron chi connectivity index (χ2n) is 4.81. The molecule has 0 amide bonds. The van der Waals surface area contributed by atoms with Crippen molar-refractivity contribution in [3.05, 3.63) is 68.1 Å². The van der Waals surface area contributed by atoms with E-state index in [0.29, 0.717) is 0 Å². The minimum atomic E-state index is 0.761. The van der Waals surface area contributed by atoms with Gasteiger partial charge in [-0.05, 0) is 47.2 Å². The molecule has 0 radical (unpaired) electrons. The smallest absolute Gasteiger partial charge is 0.112 e. The van der Waals surface area contributed by atoms with E-state index in [1.54, 1.807) is 11.3 Å². The van der Waals surface area contributed by atoms with Gasteiger partial charge in [-0.15, -0.1) is 11.3 Å². The van der Waals surface area contributed by atoms with E-state index in [2.05, 4.69) is 75.5 Å². The van der Waals surface area contributed by atoms with Gasteiger partial charge in [-0.25, -0.2) is 4.98 Å². The van der Waals surface area contributed by atoms with Crippen molar-refractivity contribution in [2.24, 2.45) is 0 Å². The number of halogens is 1. The summed E-state index contributed by atoms with van der Waals surface area (Å²) in [5.74, 6) is 0. The van der Waals surface area contributed by atoms with Gasteiger partial charge in [-0.3, -0.25) is 0 Å². The Hall–Kier alpha value is -1.40. The third-order valence-corrected chi connectivity index (χ3v) is 5.25. The van der Waals surface area contributed by atoms with Crippen LogP contribution in [0.1, 0.15) is 10.6 Å². The van der Waals surface area contributed by atoms with E-state index in [0.717, 1.165) is 22.9 Å². The van der Waals surface area contributed by atoms with E-state index in [9.17, 15) is 0 Å². The molecule has 0 saturated carbocycles. The fourth-order valence-electron chi connectivity index (χ4n) is 2.01. The number of anilines is 1. The Balaban J connectivity index is 1.69. The Morgan fingerprint density at radius 3 is 2.71 bits per heavy atom. The number of thiazole rings is 1. The lowest BCUT2D eigenvalue weighted by atomic mass is 10.2. The molecule has 0 aliphatic rings. The summed E-state index contributed by atoms with van der Waals surface area (Å²) < 4.78 is 1.28. The Bertz CT molecular complexity index is 738. The molecule has 21 heavy (non-hydrogen) atoms. The van der Waals surface area contributed by atoms with Crippen LogP contribution in [0.3, 0.4) is 0 Å². The molecule has 0 fully saturated rings. The number of rotatable bonds is 4. The molecule has 3 aromatic rings. The van der Waals surface area contributed by atoms with Gasteiger partial charge in [0.25, 0.3) is 0 Å². The molecule has 1 heterocycles. The molecular weight excluding hydrogens is 391 g/mol. The van der Waals surface area contributed by atoms with Crippen LogP contribution in [-0.4, -0.2) is 4.98 Å². The molecule has 1 aromatic heterocycles. The minimum absolute atomic E-state index is 0.761. The Morgan fingerprint density at radius 2 is 1.95 bits per heavy atom. The molecular formula is C17H15IN2S. The number of benzene rings is 2. The number of nitrogens with zero attached hydrogens (tertiary/aromatic N) is 1. The summed E-state index contributed by atoms with van der Waals surface area (Å²) in [6.07, 6.45) is 0. The van der Waals surface area contributed by atoms with E-state index >= 15 is 0 Å². The largest absolute Gasteiger partial charge is 0.378 e. The van der Waals surface area contributed by atoms with Crippen molar-refractivity contribution in [1.29, 1.82) is 0 Å². The maximum atomic E-state index is 4.69. The molecule has 0 atom stereocenters. The average molecular weight is 406 g/mol. The maximum absolute atomic E-state index is 4.69. The summed E-state index contributed by atoms with van der Waals surface area (Å²) in [7, 11) is 0. The second kappa shape index (κ2) is 6.58. The average Bonchev–Trinajstić information content (AvgIpc) is 2.98. The third kappa shape index (κ3) is 3.63. The molecule has 0 aliphatic heterocycles. The highest BCUT2D eigenvalue weighted by Crippen LogP contribution is 2.23. The predicted octanol–water partition coefficient (Wildman–Crippen LogP) is 5.34. The molecule has 2 nitrogen and oxygen atoms in total. The van der Waals surface area contributed by atoms with Crippen LogP contribution < -0.4 is 5.32 Å². The number of aromatic nitrogens is 1. The second-order valence-corrected chi connectivity index (χ2v) is 6.91. The molecule has 0 unspecified atom stereocenters. The third-order valence-electron chi connectivity index (χ3n) is 3.24. The monoisotopic (exact) mass is 406 g/mol. The number of nitrogens with one attached hydrogen (secondary N) is 1. The van der Waals surface area contributed by atoms with Crippen molar-refractivity contribution in [2.75, 3.05) is 5.32 Å². The standard InChI is InChI=1S/C17H15IN2S/c1-12-7-8-14(9-15(12)18)19-10-17-20-16(11-21-17)13-5-3-2-4-6-13/h2-9,11,19H,10H2,1H3. The van der Waals surface area contributed by atoms with E-state index in [-0.39, 0.29) is 0 Å². The van der Waals surface area contributed by atoms with Crippen LogP contribution in [0.5, 0.6) is 0 Å². The number of hydrogen-bond donors (Lipinski definition) is 1. The molecule has 0 bridgehead atoms. The summed E-state index contributed by atoms with van der Waals surface area (Å²) in [4.78, 5) is 4.69. The van der Waals surface area contributed by atoms with Gasteiger partial charge in [0.2, 0.25) is 0 Å². The van der Waals surface area contributed by atoms with Gasteiger partial charge in [-0.1, -0.05) is 36.4 Å². The molecule has 2 aromatic carbocycles. The lowest BCUT2D eigenvalue weighted by Crippen LogP contribution is -1.99. The van der Waals surface area contributed by atoms with E-state index in [1.807, 2.05) is 18.2 Å². The fraction of sp³-hybridized carbons (Fsp3) is 0.118. The van der Waals surface area contributed by atoms with Gasteiger partial charge in [-0.2, -0.15) is 0 Å². The molecule has 3 rings (SSSR count). The first-order valence-corrected chi connectivity index (χ1v) is 8.68. The van der Waals surface area contributed by atoms with Crippen LogP contribution >= 0.6 is 33.9 Å². The van der Waals surface area contributed by atoms with Crippen LogP contribution in [0.4, 0.5) is 5.69 Å². The zero-order valence-electron chi connectivity index (χ0n) is 11.6. The van der Waals surface area contributed by atoms with Crippen molar-refractivity contribution in [2.45, 2.75) is 13.5 Å². The van der Waals surface area contributed by atoms with E-state index in [1.165, 1.54) is 14.7 Å². The van der Waals surface area contributed by atoms with Gasteiger partial charge in [0, 0.05) is 20.2 Å². The minimum Gasteiger partial charge on any atom is -0.378 e. The Morgan fingerprint density at radius 1 is 1.14 bits per heavy atom. The summed E-state index contributed by atoms with van der Waals surface area (Å²) in [6.45, 7) is 2.88. The van der Waals surface area contributed by atoms with Crippen molar-refractivity contribution < 1.29 is 0 Å². The van der Waals surface area contributed by atoms with Crippen LogP contribution in [-0.2, 0) is 6.54 Å². The van der Waals surface area contributed by atoms with E-state index in [4.69, 9.17) is 0 Å². The fourth-order valence-corrected chi connectivity index (χ4v) is 3.27. The highest BCUT2D eigenvalue weighted by Gasteiger charge is 2.04. The van der Waals surface area contributed by atoms with Crippen LogP contribution in [0.25, 0.3) is 11.3 Å². The Labute approximate surface area is 142 Å². The molecule has 0 spiro atoms. The normalized spacial score (nSPS) is 10.6. The van der Waals surface area contributed by atoms with Crippen LogP contribution in [0.15, 0.2) is 53.9 Å². The zero-order chi connectivity index (χ0) is 14.7. The van der Waals surface area contributed by atoms with Crippen LogP contribution in [0.2, 0.25) is 0 Å². The van der Waals surface area contributed by atoms with Crippen molar-refractivity contribution >= 4 is 39.6 Å². The quantitative estimate of drug-likeness (QED) is 0.592. The SMILES string of the molecule is Cc1ccc(NCc2nc(-c3ccccc3)cs2)cc1I. The predicted molar refractivity (Wildman–Crippen MR) is 98.8 cm³/mol. The lowest BCUT2D eigenvalue weighted by Gasteiger charge is -2.06. The first kappa shape index (κ1) is 14.5. The van der Waals surface area contributed by atoms with Crippen LogP contribution in [0, 0.1) is 10.5 Å². The molecule has 0 aliphatic carbocycles. The molecule has 0 saturated heterocycles. The number of aryl methyl sites for hydroxylation is 1. The van der Waals surface area contributed by atoms with Gasteiger partial charge in [0.15, 0.2) is 0 Å². The topological polar surface area (TPSA) is 24.9 Å². The van der Waals surface area contributed by atoms with Crippen molar-refractivity contribution in [3.8, 4) is 11.3 Å². The lowest BCUT2D eigenvalue weighted by molar-refractivity contribution is 1.10. The first-order valence-electron chi connectivity index (χ1n) is 6.72. The van der Waals surface area contributed by atoms with Crippen molar-refractivity contribution in [3.63, 3.8) is 0 Å². The van der Waals surface area contributed by atoms with Crippen molar-refractivity contribution in [1.82, 2.24) is 4.98 Å². The summed E-state index contributed by atoms with van der Waals surface area (Å²) >= 11 is 4.06. The Kier molecular flexibility index (Phi) is 4.55. The highest BCUT2D eigenvalue weighted by atomic mass is 127. The first-order chi connectivity index (χ1) is 10.2. The van der Waals surface area contributed by atoms with Gasteiger partial charge in [0.05, 0.1) is 12.2 Å². The summed E-state index contributed by atoms with van der Waals surface area (Å²) in [6, 6.07) is 16.7. The summed E-state index contributed by atoms with van der Waals surface area (Å²) in [5, 5.41) is 6.65. The molecule has 106 valence electrons. The summed E-state index contributed by atoms with van der Waals surface area (Å²) in [5.41, 5.74) is 4.67. The van der Waals surface area contributed by atoms with Gasteiger partial charge >= 0.3 is 0 Å². The molecule has 1 N–H and O–H groups in total. The molecule has 4 heteroatoms. The zero-order valence-corrected chi connectivity index (χ0v) is 14.6. The van der Waals surface area contributed by atoms with Gasteiger partial charge in [0.1, 0.15) is 5.01 Å².